The van der Waals surface area contributed by atoms with Crippen LogP contribution in [0.4, 0.5) is 18.0 Å². The molecule has 19 heavy (non-hydrogen) atoms. The van der Waals surface area contributed by atoms with E-state index in [2.05, 4.69) is 0 Å². The van der Waals surface area contributed by atoms with E-state index < -0.39 is 30.3 Å². The van der Waals surface area contributed by atoms with Gasteiger partial charge < -0.3 is 20.4 Å². The monoisotopic (exact) mass is 286 g/mol. The molecule has 0 rings (SSSR count). The van der Waals surface area contributed by atoms with Gasteiger partial charge in [-0.1, -0.05) is 6.92 Å². The van der Waals surface area contributed by atoms with Gasteiger partial charge in [-0.2, -0.15) is 13.2 Å². The van der Waals surface area contributed by atoms with E-state index in [4.69, 9.17) is 10.2 Å². The summed E-state index contributed by atoms with van der Waals surface area (Å²) < 4.78 is 38.1. The van der Waals surface area contributed by atoms with Crippen LogP contribution in [-0.4, -0.2) is 58.5 Å². The van der Waals surface area contributed by atoms with E-state index in [9.17, 15) is 22.8 Å². The molecule has 0 saturated carbocycles. The first kappa shape index (κ1) is 17.5. The summed E-state index contributed by atoms with van der Waals surface area (Å²) in [5.74, 6) is -2.20. The Labute approximate surface area is 108 Å². The molecule has 6 nitrogen and oxygen atoms in total. The normalized spacial score (nSPS) is 14.6. The van der Waals surface area contributed by atoms with Gasteiger partial charge in [0.1, 0.15) is 0 Å². The molecule has 0 saturated heterocycles. The second-order valence-electron chi connectivity index (χ2n) is 4.07. The van der Waals surface area contributed by atoms with Gasteiger partial charge in [0.05, 0.1) is 6.61 Å². The lowest BCUT2D eigenvalue weighted by molar-refractivity contribution is -0.203. The number of nitrogens with zero attached hydrogens (tertiary/aromatic N) is 1. The molecule has 3 N–H and O–H groups in total. The first-order chi connectivity index (χ1) is 8.60. The van der Waals surface area contributed by atoms with Crippen LogP contribution in [0.1, 0.15) is 20.3 Å². The van der Waals surface area contributed by atoms with Crippen LogP contribution >= 0.6 is 0 Å². The number of amides is 2. The zero-order valence-corrected chi connectivity index (χ0v) is 10.6. The number of carboxylic acid groups (broad SMARTS) is 1. The number of aliphatic hydroxyl groups excluding tert-OH is 1. The topological polar surface area (TPSA) is 89.9 Å². The summed E-state index contributed by atoms with van der Waals surface area (Å²) >= 11 is 0. The number of carboxylic acids is 1. The first-order valence-corrected chi connectivity index (χ1v) is 5.58. The van der Waals surface area contributed by atoms with Gasteiger partial charge in [-0.05, 0) is 13.3 Å². The molecule has 1 atom stereocenters. The molecule has 0 aromatic rings. The van der Waals surface area contributed by atoms with Crippen LogP contribution < -0.4 is 5.32 Å². The third-order valence-electron chi connectivity index (χ3n) is 2.50. The molecule has 0 aliphatic rings. The van der Waals surface area contributed by atoms with Crippen LogP contribution in [0.5, 0.6) is 0 Å². The third-order valence-corrected chi connectivity index (χ3v) is 2.50. The fraction of sp³-hybridized carbons (Fsp3) is 0.800. The Morgan fingerprint density at radius 3 is 2.11 bits per heavy atom. The van der Waals surface area contributed by atoms with E-state index in [1.807, 2.05) is 0 Å². The van der Waals surface area contributed by atoms with Gasteiger partial charge in [0.15, 0.2) is 0 Å². The smallest absolute Gasteiger partial charge is 0.422 e. The standard InChI is InChI=1S/C10H17F3N2O4/c1-3-4-15(5-6-16)8(19)14-9(2,7(17)18)10(11,12)13/h16H,3-6H2,1-2H3,(H,14,19)(H,17,18). The molecule has 0 spiro atoms. The molecule has 0 bridgehead atoms. The van der Waals surface area contributed by atoms with Crippen LogP contribution in [0.15, 0.2) is 0 Å². The van der Waals surface area contributed by atoms with Gasteiger partial charge >= 0.3 is 18.2 Å². The predicted octanol–water partition coefficient (Wildman–Crippen LogP) is 0.806. The maximum atomic E-state index is 12.7. The van der Waals surface area contributed by atoms with Crippen LogP contribution in [0.3, 0.4) is 0 Å². The average molecular weight is 286 g/mol. The Morgan fingerprint density at radius 2 is 1.79 bits per heavy atom. The van der Waals surface area contributed by atoms with Crippen molar-refractivity contribution >= 4 is 12.0 Å². The average Bonchev–Trinajstić information content (AvgIpc) is 2.26. The minimum Gasteiger partial charge on any atom is -0.479 e. The number of carbonyl (C=O) groups is 2. The molecular formula is C10H17F3N2O4. The Hall–Kier alpha value is -1.51. The molecule has 0 heterocycles. The number of hydrogen-bond acceptors (Lipinski definition) is 3. The van der Waals surface area contributed by atoms with Crippen molar-refractivity contribution in [2.45, 2.75) is 32.0 Å². The second-order valence-corrected chi connectivity index (χ2v) is 4.07. The Balaban J connectivity index is 5.05. The van der Waals surface area contributed by atoms with Gasteiger partial charge in [0.2, 0.25) is 5.54 Å². The number of alkyl halides is 3. The molecule has 0 aliphatic carbocycles. The third kappa shape index (κ3) is 4.27. The van der Waals surface area contributed by atoms with Crippen LogP contribution in [0.25, 0.3) is 0 Å². The predicted molar refractivity (Wildman–Crippen MR) is 59.6 cm³/mol. The van der Waals surface area contributed by atoms with Crippen molar-refractivity contribution in [3.8, 4) is 0 Å². The fourth-order valence-corrected chi connectivity index (χ4v) is 1.24. The van der Waals surface area contributed by atoms with E-state index in [1.54, 1.807) is 6.92 Å². The number of halogens is 3. The van der Waals surface area contributed by atoms with Crippen molar-refractivity contribution in [1.82, 2.24) is 10.2 Å². The molecule has 0 aliphatic heterocycles. The summed E-state index contributed by atoms with van der Waals surface area (Å²) in [7, 11) is 0. The number of rotatable bonds is 6. The van der Waals surface area contributed by atoms with Crippen LogP contribution in [0.2, 0.25) is 0 Å². The van der Waals surface area contributed by atoms with Crippen molar-refractivity contribution in [1.29, 1.82) is 0 Å². The summed E-state index contributed by atoms with van der Waals surface area (Å²) in [5, 5.41) is 18.8. The van der Waals surface area contributed by atoms with E-state index in [0.29, 0.717) is 13.3 Å². The highest BCUT2D eigenvalue weighted by Gasteiger charge is 2.58. The fourth-order valence-electron chi connectivity index (χ4n) is 1.24. The summed E-state index contributed by atoms with van der Waals surface area (Å²) in [6.07, 6.45) is -4.67. The largest absolute Gasteiger partial charge is 0.479 e. The van der Waals surface area contributed by atoms with Crippen molar-refractivity contribution in [3.63, 3.8) is 0 Å². The van der Waals surface area contributed by atoms with Gasteiger partial charge in [-0.25, -0.2) is 9.59 Å². The number of carbonyl (C=O) groups excluding carboxylic acids is 1. The summed E-state index contributed by atoms with van der Waals surface area (Å²) in [6.45, 7) is 1.57. The first-order valence-electron chi connectivity index (χ1n) is 5.58. The number of aliphatic hydroxyl groups is 1. The summed E-state index contributed by atoms with van der Waals surface area (Å²) in [6, 6.07) is -1.18. The van der Waals surface area contributed by atoms with E-state index in [1.165, 1.54) is 5.32 Å². The van der Waals surface area contributed by atoms with Crippen molar-refractivity contribution in [2.24, 2.45) is 0 Å². The minimum absolute atomic E-state index is 0.111. The van der Waals surface area contributed by atoms with Gasteiger partial charge in [0, 0.05) is 13.1 Å². The quantitative estimate of drug-likeness (QED) is 0.674. The molecular weight excluding hydrogens is 269 g/mol. The van der Waals surface area contributed by atoms with Crippen LogP contribution in [0, 0.1) is 0 Å². The molecule has 112 valence electrons. The molecule has 0 radical (unpaired) electrons. The zero-order chi connectivity index (χ0) is 15.3. The highest BCUT2D eigenvalue weighted by molar-refractivity contribution is 5.86. The SMILES string of the molecule is CCCN(CCO)C(=O)NC(C)(C(=O)O)C(F)(F)F. The van der Waals surface area contributed by atoms with E-state index in [0.717, 1.165) is 4.90 Å². The molecule has 1 unspecified atom stereocenters. The van der Waals surface area contributed by atoms with Crippen molar-refractivity contribution < 1.29 is 33.0 Å². The van der Waals surface area contributed by atoms with Gasteiger partial charge in [0.25, 0.3) is 0 Å². The Bertz CT molecular complexity index is 329. The van der Waals surface area contributed by atoms with Gasteiger partial charge in [-0.15, -0.1) is 0 Å². The van der Waals surface area contributed by atoms with Crippen molar-refractivity contribution in [2.75, 3.05) is 19.7 Å². The highest BCUT2D eigenvalue weighted by atomic mass is 19.4. The lowest BCUT2D eigenvalue weighted by Gasteiger charge is -2.31. The lowest BCUT2D eigenvalue weighted by Crippen LogP contribution is -2.64. The minimum atomic E-state index is -5.13. The number of hydrogen-bond donors (Lipinski definition) is 3. The molecule has 0 fully saturated rings. The maximum Gasteiger partial charge on any atom is 0.422 e. The van der Waals surface area contributed by atoms with Crippen LogP contribution in [-0.2, 0) is 4.79 Å². The Kier molecular flexibility index (Phi) is 6.07. The summed E-state index contributed by atoms with van der Waals surface area (Å²) in [5.41, 5.74) is -3.37. The highest BCUT2D eigenvalue weighted by Crippen LogP contribution is 2.30. The Morgan fingerprint density at radius 1 is 1.26 bits per heavy atom. The second kappa shape index (κ2) is 6.60. The molecule has 9 heteroatoms. The zero-order valence-electron chi connectivity index (χ0n) is 10.6. The van der Waals surface area contributed by atoms with Crippen molar-refractivity contribution in [3.05, 3.63) is 0 Å². The summed E-state index contributed by atoms with van der Waals surface area (Å²) in [4.78, 5) is 23.3. The number of aliphatic carboxylic acids is 1. The van der Waals surface area contributed by atoms with E-state index in [-0.39, 0.29) is 13.1 Å². The van der Waals surface area contributed by atoms with Gasteiger partial charge in [-0.3, -0.25) is 0 Å². The maximum absolute atomic E-state index is 12.7. The number of nitrogens with one attached hydrogen (secondary N) is 1. The number of urea groups is 1. The molecule has 2 amide bonds. The molecule has 0 aromatic carbocycles. The molecule has 0 aromatic heterocycles. The lowest BCUT2D eigenvalue weighted by atomic mass is 10.0. The van der Waals surface area contributed by atoms with E-state index >= 15 is 0 Å².